The standard InChI is InChI=1S/C16H24ClNO/c1-12-5-4-6-18(11-12)7-8-19-16-14(3)9-13(2)10-15(16)17/h9-10,12H,4-8,11H2,1-3H3/t12-/m1/s1. The minimum atomic E-state index is 0.719. The van der Waals surface area contributed by atoms with E-state index in [1.54, 1.807) is 0 Å². The van der Waals surface area contributed by atoms with Gasteiger partial charge in [0.1, 0.15) is 12.4 Å². The maximum Gasteiger partial charge on any atom is 0.140 e. The summed E-state index contributed by atoms with van der Waals surface area (Å²) < 4.78 is 5.89. The molecule has 1 aliphatic rings. The van der Waals surface area contributed by atoms with Gasteiger partial charge in [0.05, 0.1) is 5.02 Å². The molecule has 0 aromatic heterocycles. The molecule has 19 heavy (non-hydrogen) atoms. The molecule has 1 heterocycles. The zero-order valence-corrected chi connectivity index (χ0v) is 13.0. The van der Waals surface area contributed by atoms with Crippen LogP contribution in [0.15, 0.2) is 12.1 Å². The van der Waals surface area contributed by atoms with E-state index in [0.29, 0.717) is 0 Å². The summed E-state index contributed by atoms with van der Waals surface area (Å²) in [6, 6.07) is 4.08. The fourth-order valence-electron chi connectivity index (χ4n) is 2.85. The molecule has 0 bridgehead atoms. The first-order valence-corrected chi connectivity index (χ1v) is 7.56. The average Bonchev–Trinajstić information content (AvgIpc) is 2.32. The number of likely N-dealkylation sites (tertiary alicyclic amines) is 1. The third-order valence-electron chi connectivity index (χ3n) is 3.77. The Hall–Kier alpha value is -0.730. The molecule has 1 atom stereocenters. The molecule has 2 rings (SSSR count). The Kier molecular flexibility index (Phi) is 5.12. The van der Waals surface area contributed by atoms with Gasteiger partial charge in [-0.1, -0.05) is 24.6 Å². The molecular formula is C16H24ClNO. The van der Waals surface area contributed by atoms with Crippen LogP contribution in [0.4, 0.5) is 0 Å². The van der Waals surface area contributed by atoms with E-state index in [2.05, 4.69) is 31.7 Å². The van der Waals surface area contributed by atoms with Crippen molar-refractivity contribution in [1.82, 2.24) is 4.90 Å². The van der Waals surface area contributed by atoms with Crippen molar-refractivity contribution >= 4 is 11.6 Å². The first-order chi connectivity index (χ1) is 9.06. The summed E-state index contributed by atoms with van der Waals surface area (Å²) >= 11 is 6.24. The Bertz CT molecular complexity index is 410. The van der Waals surface area contributed by atoms with E-state index in [1.165, 1.54) is 31.5 Å². The van der Waals surface area contributed by atoms with Crippen LogP contribution in [0.5, 0.6) is 5.75 Å². The highest BCUT2D eigenvalue weighted by molar-refractivity contribution is 6.32. The summed E-state index contributed by atoms with van der Waals surface area (Å²) in [4.78, 5) is 2.49. The maximum absolute atomic E-state index is 6.24. The van der Waals surface area contributed by atoms with Crippen LogP contribution in [0.2, 0.25) is 5.02 Å². The van der Waals surface area contributed by atoms with Crippen LogP contribution >= 0.6 is 11.6 Å². The molecule has 1 fully saturated rings. The van der Waals surface area contributed by atoms with Gasteiger partial charge in [0.2, 0.25) is 0 Å². The second-order valence-corrected chi connectivity index (χ2v) is 6.20. The van der Waals surface area contributed by atoms with Crippen molar-refractivity contribution in [2.24, 2.45) is 5.92 Å². The number of piperidine rings is 1. The summed E-state index contributed by atoms with van der Waals surface area (Å²) in [5, 5.41) is 0.726. The van der Waals surface area contributed by atoms with Crippen molar-refractivity contribution in [3.05, 3.63) is 28.3 Å². The van der Waals surface area contributed by atoms with Crippen LogP contribution in [0.1, 0.15) is 30.9 Å². The van der Waals surface area contributed by atoms with E-state index in [9.17, 15) is 0 Å². The number of hydrogen-bond acceptors (Lipinski definition) is 2. The van der Waals surface area contributed by atoms with Gasteiger partial charge in [-0.15, -0.1) is 0 Å². The van der Waals surface area contributed by atoms with E-state index in [4.69, 9.17) is 16.3 Å². The zero-order valence-electron chi connectivity index (χ0n) is 12.2. The van der Waals surface area contributed by atoms with Crippen molar-refractivity contribution in [2.75, 3.05) is 26.2 Å². The lowest BCUT2D eigenvalue weighted by Crippen LogP contribution is -2.37. The van der Waals surface area contributed by atoms with E-state index >= 15 is 0 Å². The van der Waals surface area contributed by atoms with E-state index in [0.717, 1.165) is 35.4 Å². The van der Waals surface area contributed by atoms with Gasteiger partial charge in [-0.2, -0.15) is 0 Å². The fourth-order valence-corrected chi connectivity index (χ4v) is 3.23. The number of nitrogens with zero attached hydrogens (tertiary/aromatic N) is 1. The second-order valence-electron chi connectivity index (χ2n) is 5.79. The van der Waals surface area contributed by atoms with Crippen LogP contribution in [-0.4, -0.2) is 31.1 Å². The van der Waals surface area contributed by atoms with E-state index < -0.39 is 0 Å². The SMILES string of the molecule is Cc1cc(C)c(OCCN2CCC[C@@H](C)C2)c(Cl)c1. The topological polar surface area (TPSA) is 12.5 Å². The quantitative estimate of drug-likeness (QED) is 0.825. The van der Waals surface area contributed by atoms with Crippen LogP contribution < -0.4 is 4.74 Å². The molecular weight excluding hydrogens is 258 g/mol. The van der Waals surface area contributed by atoms with Gasteiger partial charge in [-0.3, -0.25) is 4.90 Å². The molecule has 0 amide bonds. The zero-order chi connectivity index (χ0) is 13.8. The van der Waals surface area contributed by atoms with Crippen molar-refractivity contribution in [3.8, 4) is 5.75 Å². The van der Waals surface area contributed by atoms with E-state index in [1.807, 2.05) is 6.07 Å². The summed E-state index contributed by atoms with van der Waals surface area (Å²) in [7, 11) is 0. The van der Waals surface area contributed by atoms with Gasteiger partial charge in [-0.05, 0) is 56.3 Å². The highest BCUT2D eigenvalue weighted by Gasteiger charge is 2.16. The fraction of sp³-hybridized carbons (Fsp3) is 0.625. The first kappa shape index (κ1) is 14.7. The first-order valence-electron chi connectivity index (χ1n) is 7.18. The van der Waals surface area contributed by atoms with Crippen LogP contribution in [0, 0.1) is 19.8 Å². The lowest BCUT2D eigenvalue weighted by Gasteiger charge is -2.30. The highest BCUT2D eigenvalue weighted by Crippen LogP contribution is 2.29. The largest absolute Gasteiger partial charge is 0.490 e. The molecule has 0 unspecified atom stereocenters. The number of halogens is 1. The summed E-state index contributed by atoms with van der Waals surface area (Å²) in [6.07, 6.45) is 2.67. The average molecular weight is 282 g/mol. The van der Waals surface area contributed by atoms with Gasteiger partial charge in [-0.25, -0.2) is 0 Å². The van der Waals surface area contributed by atoms with Gasteiger partial charge in [0.15, 0.2) is 0 Å². The molecule has 3 heteroatoms. The Morgan fingerprint density at radius 2 is 2.16 bits per heavy atom. The number of rotatable bonds is 4. The Balaban J connectivity index is 1.85. The molecule has 106 valence electrons. The number of benzene rings is 1. The number of hydrogen-bond donors (Lipinski definition) is 0. The second kappa shape index (κ2) is 6.62. The Labute approximate surface area is 121 Å². The molecule has 0 spiro atoms. The van der Waals surface area contributed by atoms with Gasteiger partial charge >= 0.3 is 0 Å². The van der Waals surface area contributed by atoms with Crippen molar-refractivity contribution in [1.29, 1.82) is 0 Å². The van der Waals surface area contributed by atoms with Crippen molar-refractivity contribution < 1.29 is 4.74 Å². The molecule has 1 aromatic carbocycles. The molecule has 0 N–H and O–H groups in total. The van der Waals surface area contributed by atoms with Gasteiger partial charge < -0.3 is 4.74 Å². The summed E-state index contributed by atoms with van der Waals surface area (Å²) in [6.45, 7) is 10.5. The predicted molar refractivity (Wildman–Crippen MR) is 81.3 cm³/mol. The minimum absolute atomic E-state index is 0.719. The highest BCUT2D eigenvalue weighted by atomic mass is 35.5. The molecule has 1 aliphatic heterocycles. The van der Waals surface area contributed by atoms with Crippen LogP contribution in [0.3, 0.4) is 0 Å². The molecule has 1 aromatic rings. The Morgan fingerprint density at radius 1 is 1.37 bits per heavy atom. The Morgan fingerprint density at radius 3 is 2.84 bits per heavy atom. The number of aryl methyl sites for hydroxylation is 2. The molecule has 1 saturated heterocycles. The lowest BCUT2D eigenvalue weighted by molar-refractivity contribution is 0.153. The third kappa shape index (κ3) is 4.12. The number of ether oxygens (including phenoxy) is 1. The molecule has 0 saturated carbocycles. The van der Waals surface area contributed by atoms with Gasteiger partial charge in [0, 0.05) is 13.1 Å². The normalized spacial score (nSPS) is 20.5. The molecule has 2 nitrogen and oxygen atoms in total. The van der Waals surface area contributed by atoms with Gasteiger partial charge in [0.25, 0.3) is 0 Å². The lowest BCUT2D eigenvalue weighted by atomic mass is 10.0. The predicted octanol–water partition coefficient (Wildman–Crippen LogP) is 4.07. The van der Waals surface area contributed by atoms with E-state index in [-0.39, 0.29) is 0 Å². The monoisotopic (exact) mass is 281 g/mol. The smallest absolute Gasteiger partial charge is 0.140 e. The maximum atomic E-state index is 6.24. The van der Waals surface area contributed by atoms with Crippen molar-refractivity contribution in [3.63, 3.8) is 0 Å². The summed E-state index contributed by atoms with van der Waals surface area (Å²) in [5.41, 5.74) is 2.30. The third-order valence-corrected chi connectivity index (χ3v) is 4.05. The van der Waals surface area contributed by atoms with Crippen LogP contribution in [0.25, 0.3) is 0 Å². The summed E-state index contributed by atoms with van der Waals surface area (Å²) in [5.74, 6) is 1.66. The van der Waals surface area contributed by atoms with Crippen LogP contribution in [-0.2, 0) is 0 Å². The molecule has 0 radical (unpaired) electrons. The minimum Gasteiger partial charge on any atom is -0.490 e. The molecule has 0 aliphatic carbocycles. The van der Waals surface area contributed by atoms with Crippen molar-refractivity contribution in [2.45, 2.75) is 33.6 Å².